The van der Waals surface area contributed by atoms with Crippen LogP contribution in [0.5, 0.6) is 0 Å². The van der Waals surface area contributed by atoms with Crippen molar-refractivity contribution in [2.45, 2.75) is 206 Å². The van der Waals surface area contributed by atoms with Gasteiger partial charge in [0.1, 0.15) is 47.5 Å². The molecule has 0 spiro atoms. The minimum atomic E-state index is -1.15. The molecule has 5 aromatic carbocycles. The standard InChI is InChI=1S/C77H97N9O11/c1-47(83(12)73(94)96-76(6,7)8)66(87)81-62(71(92)85-45-56-25-15-14-24-55(56)43-63(85)69(90)79-60-30-20-26-52-22-16-18-28-58(52)60)42-51-36-34-49(35-37-51)32-33-50-38-40-54(41-39-50)68(89)78-57-44-64(70(91)80-61-31-21-27-53-23-17-19-29-59(53)61)86(46-57)72(93)65(75(3,4)5)82-67(88)48(2)84(13)74(95)97-77(9,10)11/h14-19,22-25,28-29,32-41,47-48,57,60-65H,20-21,26-27,30-31,42-46H2,1-13H3,(H,78,89)(H,79,90)(H,80,91)(H,81,87)(H,82,88)/b33-32+/t47-,48-,57-,60+,61+,62-,63-,64-,65?/m0/s1. The molecule has 1 saturated heterocycles. The lowest BCUT2D eigenvalue weighted by Gasteiger charge is -2.39. The number of hydrogen-bond acceptors (Lipinski definition) is 11. The van der Waals surface area contributed by atoms with Crippen molar-refractivity contribution in [2.24, 2.45) is 5.41 Å². The van der Waals surface area contributed by atoms with Crippen LogP contribution in [0.25, 0.3) is 12.2 Å². The molecule has 1 unspecified atom stereocenters. The van der Waals surface area contributed by atoms with Crippen molar-refractivity contribution in [1.29, 1.82) is 0 Å². The van der Waals surface area contributed by atoms with Gasteiger partial charge in [0.25, 0.3) is 5.91 Å². The second-order valence-electron chi connectivity index (χ2n) is 29.5. The Morgan fingerprint density at radius 2 is 1.01 bits per heavy atom. The fourth-order valence-electron chi connectivity index (χ4n) is 13.1. The van der Waals surface area contributed by atoms with Gasteiger partial charge in [-0.25, -0.2) is 9.59 Å². The van der Waals surface area contributed by atoms with E-state index in [0.717, 1.165) is 76.6 Å². The van der Waals surface area contributed by atoms with Gasteiger partial charge in [-0.3, -0.25) is 43.4 Å². The van der Waals surface area contributed by atoms with Crippen LogP contribution in [0.3, 0.4) is 0 Å². The number of likely N-dealkylation sites (tertiary alicyclic amines) is 1. The number of carbonyl (C=O) groups is 9. The third kappa shape index (κ3) is 18.2. The van der Waals surface area contributed by atoms with Crippen LogP contribution in [-0.4, -0.2) is 147 Å². The van der Waals surface area contributed by atoms with E-state index in [-0.39, 0.29) is 56.3 Å². The zero-order valence-corrected chi connectivity index (χ0v) is 58.5. The topological polar surface area (TPSA) is 245 Å². The van der Waals surface area contributed by atoms with E-state index in [2.05, 4.69) is 38.7 Å². The van der Waals surface area contributed by atoms with E-state index in [0.29, 0.717) is 12.0 Å². The summed E-state index contributed by atoms with van der Waals surface area (Å²) in [4.78, 5) is 133. The van der Waals surface area contributed by atoms with E-state index in [1.165, 1.54) is 34.4 Å². The molecule has 2 aliphatic heterocycles. The van der Waals surface area contributed by atoms with Gasteiger partial charge in [-0.1, -0.05) is 142 Å². The lowest BCUT2D eigenvalue weighted by atomic mass is 9.85. The van der Waals surface area contributed by atoms with Gasteiger partial charge in [-0.2, -0.15) is 0 Å². The molecule has 0 bridgehead atoms. The van der Waals surface area contributed by atoms with Crippen LogP contribution < -0.4 is 26.6 Å². The zero-order valence-electron chi connectivity index (χ0n) is 58.5. The molecule has 9 atom stereocenters. The van der Waals surface area contributed by atoms with Gasteiger partial charge in [0, 0.05) is 51.6 Å². The fourth-order valence-corrected chi connectivity index (χ4v) is 13.1. The average molecular weight is 1320 g/mol. The van der Waals surface area contributed by atoms with Gasteiger partial charge in [0.2, 0.25) is 35.4 Å². The summed E-state index contributed by atoms with van der Waals surface area (Å²) in [5, 5.41) is 15.5. The van der Waals surface area contributed by atoms with Crippen LogP contribution in [0, 0.1) is 5.41 Å². The third-order valence-electron chi connectivity index (χ3n) is 18.8. The largest absolute Gasteiger partial charge is 0.444 e. The Kier molecular flexibility index (Phi) is 22.5. The molecular weight excluding hydrogens is 1230 g/mol. The van der Waals surface area contributed by atoms with Crippen molar-refractivity contribution in [3.8, 4) is 0 Å². The van der Waals surface area contributed by atoms with Gasteiger partial charge in [-0.15, -0.1) is 0 Å². The summed E-state index contributed by atoms with van der Waals surface area (Å²) in [6, 6.07) is 31.1. The van der Waals surface area contributed by atoms with E-state index >= 15 is 4.79 Å². The molecule has 2 aliphatic carbocycles. The molecule has 5 N–H and O–H groups in total. The number of rotatable bonds is 18. The zero-order chi connectivity index (χ0) is 70.3. The summed E-state index contributed by atoms with van der Waals surface area (Å²) in [5.74, 6) is -3.16. The van der Waals surface area contributed by atoms with Crippen LogP contribution >= 0.6 is 0 Å². The molecule has 20 heteroatoms. The van der Waals surface area contributed by atoms with E-state index in [1.54, 1.807) is 84.6 Å². The second kappa shape index (κ2) is 30.4. The van der Waals surface area contributed by atoms with E-state index < -0.39 is 101 Å². The van der Waals surface area contributed by atoms with Gasteiger partial charge in [0.15, 0.2) is 0 Å². The second-order valence-corrected chi connectivity index (χ2v) is 29.5. The Bertz CT molecular complexity index is 3750. The van der Waals surface area contributed by atoms with E-state index in [4.69, 9.17) is 9.47 Å². The number of amides is 9. The Morgan fingerprint density at radius 1 is 0.546 bits per heavy atom. The van der Waals surface area contributed by atoms with Crippen molar-refractivity contribution >= 4 is 65.7 Å². The molecule has 2 heterocycles. The quantitative estimate of drug-likeness (QED) is 0.0517. The number of aryl methyl sites for hydroxylation is 2. The predicted octanol–water partition coefficient (Wildman–Crippen LogP) is 9.97. The van der Waals surface area contributed by atoms with Crippen LogP contribution in [0.15, 0.2) is 121 Å². The number of benzene rings is 5. The van der Waals surface area contributed by atoms with Crippen molar-refractivity contribution in [3.05, 3.63) is 177 Å². The number of ether oxygens (including phenoxy) is 2. The van der Waals surface area contributed by atoms with Crippen molar-refractivity contribution in [2.75, 3.05) is 20.6 Å². The lowest BCUT2D eigenvalue weighted by molar-refractivity contribution is -0.145. The summed E-state index contributed by atoms with van der Waals surface area (Å²) >= 11 is 0. The van der Waals surface area contributed by atoms with Crippen LogP contribution in [0.2, 0.25) is 0 Å². The molecule has 516 valence electrons. The third-order valence-corrected chi connectivity index (χ3v) is 18.8. The normalized spacial score (nSPS) is 19.7. The molecule has 0 saturated carbocycles. The number of hydrogen-bond donors (Lipinski definition) is 5. The number of fused-ring (bicyclic) bond motifs is 3. The van der Waals surface area contributed by atoms with Crippen molar-refractivity contribution in [1.82, 2.24) is 46.2 Å². The first-order valence-electron chi connectivity index (χ1n) is 34.0. The number of nitrogens with zero attached hydrogens (tertiary/aromatic N) is 4. The fraction of sp³-hybridized carbons (Fsp3) is 0.468. The maximum atomic E-state index is 15.3. The smallest absolute Gasteiger partial charge is 0.410 e. The summed E-state index contributed by atoms with van der Waals surface area (Å²) in [5.41, 5.74) is 6.52. The first kappa shape index (κ1) is 72.0. The SMILES string of the molecule is C[C@@H](C(=O)NC(C(=O)N1C[C@@H](NC(=O)c2ccc(/C=C/c3ccc(C[C@H](NC(=O)[C@H](C)N(C)C(=O)OC(C)(C)C)C(=O)N4Cc5ccccc5C[C@H]4C(=O)N[C@@H]4CCCc5ccccc54)cc3)cc2)C[C@H]1C(=O)N[C@@H]1CCCc2ccccc21)C(C)(C)C)N(C)C(=O)OC(C)(C)C. The minimum absolute atomic E-state index is 0.0131. The summed E-state index contributed by atoms with van der Waals surface area (Å²) in [6.07, 6.45) is 7.93. The minimum Gasteiger partial charge on any atom is -0.444 e. The van der Waals surface area contributed by atoms with Crippen molar-refractivity contribution < 1.29 is 52.6 Å². The van der Waals surface area contributed by atoms with Gasteiger partial charge >= 0.3 is 12.2 Å². The first-order valence-corrected chi connectivity index (χ1v) is 34.0. The van der Waals surface area contributed by atoms with Gasteiger partial charge in [-0.05, 0) is 168 Å². The maximum absolute atomic E-state index is 15.3. The average Bonchev–Trinajstić information content (AvgIpc) is 1.65. The Labute approximate surface area is 571 Å². The highest BCUT2D eigenvalue weighted by molar-refractivity contribution is 5.98. The molecule has 5 aromatic rings. The van der Waals surface area contributed by atoms with Gasteiger partial charge < -0.3 is 45.9 Å². The number of nitrogens with one attached hydrogen (secondary N) is 5. The molecular formula is C77H97N9O11. The number of likely N-dealkylation sites (N-methyl/N-ethyl adjacent to an activating group) is 2. The highest BCUT2D eigenvalue weighted by Gasteiger charge is 2.47. The Balaban J connectivity index is 0.893. The van der Waals surface area contributed by atoms with Crippen molar-refractivity contribution in [3.63, 3.8) is 0 Å². The summed E-state index contributed by atoms with van der Waals surface area (Å²) < 4.78 is 11.1. The molecule has 9 rings (SSSR count). The van der Waals surface area contributed by atoms with Gasteiger partial charge in [0.05, 0.1) is 12.1 Å². The van der Waals surface area contributed by atoms with E-state index in [1.807, 2.05) is 118 Å². The monoisotopic (exact) mass is 1320 g/mol. The molecule has 1 fully saturated rings. The highest BCUT2D eigenvalue weighted by Crippen LogP contribution is 2.34. The highest BCUT2D eigenvalue weighted by atomic mass is 16.6. The molecule has 0 aromatic heterocycles. The Hall–Kier alpha value is -9.33. The summed E-state index contributed by atoms with van der Waals surface area (Å²) in [6.45, 7) is 19.1. The van der Waals surface area contributed by atoms with Crippen LogP contribution in [0.1, 0.15) is 181 Å². The maximum Gasteiger partial charge on any atom is 0.410 e. The summed E-state index contributed by atoms with van der Waals surface area (Å²) in [7, 11) is 2.93. The predicted molar refractivity (Wildman–Crippen MR) is 372 cm³/mol. The molecule has 97 heavy (non-hydrogen) atoms. The van der Waals surface area contributed by atoms with Crippen LogP contribution in [-0.2, 0) is 70.5 Å². The molecule has 4 aliphatic rings. The first-order chi connectivity index (χ1) is 45.8. The molecule has 20 nitrogen and oxygen atoms in total. The molecule has 0 radical (unpaired) electrons. The van der Waals surface area contributed by atoms with Crippen LogP contribution in [0.4, 0.5) is 9.59 Å². The molecule has 9 amide bonds. The van der Waals surface area contributed by atoms with E-state index in [9.17, 15) is 38.4 Å². The lowest BCUT2D eigenvalue weighted by Crippen LogP contribution is -2.60. The Morgan fingerprint density at radius 3 is 1.52 bits per heavy atom. The number of carbonyl (C=O) groups excluding carboxylic acids is 9.